The van der Waals surface area contributed by atoms with Crippen LogP contribution in [0.3, 0.4) is 0 Å². The summed E-state index contributed by atoms with van der Waals surface area (Å²) in [7, 11) is 1.52. The number of hydrogen-bond acceptors (Lipinski definition) is 6. The highest BCUT2D eigenvalue weighted by Gasteiger charge is 2.46. The zero-order valence-electron chi connectivity index (χ0n) is 14.9. The first-order valence-electron chi connectivity index (χ1n) is 8.71. The standard InChI is InChI=1S/C19H19BrClN3O2S/c1-3-10-9-27-19-23-16(12-6-4-5-7-22-12)17(24(10)19)11-8-13(26-2)18(25)15(21)14(11)20/h4-8,10,16-17,25H,3,9H2,1-2H3/t10-,16-,17+/m0/s1. The molecule has 0 spiro atoms. The molecule has 0 radical (unpaired) electrons. The van der Waals surface area contributed by atoms with Crippen molar-refractivity contribution in [2.75, 3.05) is 12.9 Å². The third-order valence-corrected chi connectivity index (χ3v) is 7.62. The van der Waals surface area contributed by atoms with E-state index in [0.717, 1.165) is 28.6 Å². The van der Waals surface area contributed by atoms with Crippen LogP contribution in [-0.2, 0) is 0 Å². The average Bonchev–Trinajstić information content (AvgIpc) is 3.26. The summed E-state index contributed by atoms with van der Waals surface area (Å²) in [6.07, 6.45) is 2.82. The number of thioether (sulfide) groups is 1. The molecule has 1 fully saturated rings. The van der Waals surface area contributed by atoms with E-state index in [1.807, 2.05) is 24.3 Å². The quantitative estimate of drug-likeness (QED) is 0.669. The van der Waals surface area contributed by atoms with Crippen molar-refractivity contribution in [2.45, 2.75) is 31.5 Å². The molecule has 142 valence electrons. The first-order valence-corrected chi connectivity index (χ1v) is 10.9. The van der Waals surface area contributed by atoms with E-state index >= 15 is 0 Å². The molecule has 2 aromatic rings. The minimum atomic E-state index is -0.148. The predicted octanol–water partition coefficient (Wildman–Crippen LogP) is 5.19. The summed E-state index contributed by atoms with van der Waals surface area (Å²) in [5.41, 5.74) is 1.85. The molecule has 5 nitrogen and oxygen atoms in total. The van der Waals surface area contributed by atoms with Crippen LogP contribution in [0, 0.1) is 0 Å². The van der Waals surface area contributed by atoms with Gasteiger partial charge in [0.25, 0.3) is 0 Å². The van der Waals surface area contributed by atoms with E-state index in [9.17, 15) is 5.11 Å². The lowest BCUT2D eigenvalue weighted by atomic mass is 9.95. The van der Waals surface area contributed by atoms with Crippen LogP contribution in [0.5, 0.6) is 11.5 Å². The molecule has 2 aliphatic heterocycles. The number of fused-ring (bicyclic) bond motifs is 1. The zero-order valence-corrected chi connectivity index (χ0v) is 18.1. The Balaban J connectivity index is 1.88. The van der Waals surface area contributed by atoms with Gasteiger partial charge in [-0.25, -0.2) is 0 Å². The Bertz CT molecular complexity index is 896. The van der Waals surface area contributed by atoms with Crippen molar-refractivity contribution < 1.29 is 9.84 Å². The van der Waals surface area contributed by atoms with E-state index in [-0.39, 0.29) is 22.9 Å². The number of amidine groups is 1. The average molecular weight is 469 g/mol. The Hall–Kier alpha value is -1.44. The van der Waals surface area contributed by atoms with Gasteiger partial charge in [0.1, 0.15) is 11.1 Å². The maximum atomic E-state index is 10.3. The minimum Gasteiger partial charge on any atom is -0.503 e. The number of aromatic hydroxyl groups is 1. The zero-order chi connectivity index (χ0) is 19.1. The normalized spacial score (nSPS) is 24.1. The van der Waals surface area contributed by atoms with E-state index in [4.69, 9.17) is 21.3 Å². The van der Waals surface area contributed by atoms with E-state index in [1.165, 1.54) is 7.11 Å². The van der Waals surface area contributed by atoms with Gasteiger partial charge in [-0.3, -0.25) is 9.98 Å². The number of phenolic OH excluding ortho intramolecular Hbond substituents is 1. The van der Waals surface area contributed by atoms with E-state index in [2.05, 4.69) is 32.7 Å². The van der Waals surface area contributed by atoms with Crippen molar-refractivity contribution in [3.8, 4) is 11.5 Å². The number of nitrogens with zero attached hydrogens (tertiary/aromatic N) is 3. The van der Waals surface area contributed by atoms with Crippen molar-refractivity contribution in [1.82, 2.24) is 9.88 Å². The van der Waals surface area contributed by atoms with Gasteiger partial charge in [0.05, 0.1) is 18.8 Å². The van der Waals surface area contributed by atoms with Crippen LogP contribution in [0.1, 0.15) is 36.7 Å². The smallest absolute Gasteiger partial charge is 0.177 e. The van der Waals surface area contributed by atoms with Gasteiger partial charge in [-0.2, -0.15) is 0 Å². The van der Waals surface area contributed by atoms with Gasteiger partial charge in [-0.05, 0) is 46.1 Å². The number of aliphatic imine (C=N–C) groups is 1. The maximum Gasteiger partial charge on any atom is 0.177 e. The SMILES string of the molecule is CC[C@H]1CSC2=N[C@@H](c3ccccn3)[C@@H](c3cc(OC)c(O)c(Cl)c3Br)N21. The van der Waals surface area contributed by atoms with E-state index in [0.29, 0.717) is 16.3 Å². The predicted molar refractivity (Wildman–Crippen MR) is 113 cm³/mol. The lowest BCUT2D eigenvalue weighted by molar-refractivity contribution is 0.253. The Morgan fingerprint density at radius 2 is 2.26 bits per heavy atom. The molecular weight excluding hydrogens is 450 g/mol. The highest BCUT2D eigenvalue weighted by molar-refractivity contribution is 9.10. The molecule has 3 heterocycles. The lowest BCUT2D eigenvalue weighted by Gasteiger charge is -2.33. The topological polar surface area (TPSA) is 58.0 Å². The summed E-state index contributed by atoms with van der Waals surface area (Å²) < 4.78 is 6.02. The summed E-state index contributed by atoms with van der Waals surface area (Å²) in [6, 6.07) is 7.90. The molecule has 2 aliphatic rings. The van der Waals surface area contributed by atoms with Crippen molar-refractivity contribution in [3.63, 3.8) is 0 Å². The van der Waals surface area contributed by atoms with Crippen LogP contribution >= 0.6 is 39.3 Å². The molecule has 27 heavy (non-hydrogen) atoms. The highest BCUT2D eigenvalue weighted by atomic mass is 79.9. The van der Waals surface area contributed by atoms with Crippen LogP contribution in [0.2, 0.25) is 5.02 Å². The van der Waals surface area contributed by atoms with Crippen molar-refractivity contribution >= 4 is 44.5 Å². The number of pyridine rings is 1. The summed E-state index contributed by atoms with van der Waals surface area (Å²) in [6.45, 7) is 2.19. The molecule has 8 heteroatoms. The van der Waals surface area contributed by atoms with Gasteiger partial charge >= 0.3 is 0 Å². The number of benzene rings is 1. The Morgan fingerprint density at radius 1 is 1.44 bits per heavy atom. The molecule has 1 N–H and O–H groups in total. The molecule has 1 aromatic heterocycles. The van der Waals surface area contributed by atoms with E-state index in [1.54, 1.807) is 18.0 Å². The second kappa shape index (κ2) is 7.53. The number of hydrogen-bond donors (Lipinski definition) is 1. The van der Waals surface area contributed by atoms with Gasteiger partial charge in [-0.15, -0.1) is 0 Å². The monoisotopic (exact) mass is 467 g/mol. The van der Waals surface area contributed by atoms with Gasteiger partial charge < -0.3 is 14.7 Å². The molecule has 0 amide bonds. The Kier molecular flexibility index (Phi) is 5.27. The van der Waals surface area contributed by atoms with Crippen LogP contribution in [0.4, 0.5) is 0 Å². The molecule has 0 aliphatic carbocycles. The fourth-order valence-electron chi connectivity index (χ4n) is 3.67. The molecule has 1 saturated heterocycles. The molecule has 0 bridgehead atoms. The summed E-state index contributed by atoms with van der Waals surface area (Å²) >= 11 is 11.8. The van der Waals surface area contributed by atoms with Gasteiger partial charge in [0, 0.05) is 22.5 Å². The molecular formula is C19H19BrClN3O2S. The number of rotatable bonds is 4. The first-order chi connectivity index (χ1) is 13.1. The van der Waals surface area contributed by atoms with Crippen molar-refractivity contribution in [3.05, 3.63) is 51.2 Å². The molecule has 3 atom stereocenters. The number of phenols is 1. The molecule has 0 unspecified atom stereocenters. The summed E-state index contributed by atoms with van der Waals surface area (Å²) in [5, 5.41) is 11.6. The van der Waals surface area contributed by atoms with Gasteiger partial charge in [0.2, 0.25) is 0 Å². The second-order valence-corrected chi connectivity index (χ2v) is 8.64. The van der Waals surface area contributed by atoms with Gasteiger partial charge in [-0.1, -0.05) is 36.4 Å². The highest BCUT2D eigenvalue weighted by Crippen LogP contribution is 2.53. The third kappa shape index (κ3) is 3.09. The minimum absolute atomic E-state index is 0.0637. The molecule has 0 saturated carbocycles. The number of methoxy groups -OCH3 is 1. The first kappa shape index (κ1) is 18.9. The van der Waals surface area contributed by atoms with Crippen LogP contribution in [0.15, 0.2) is 39.9 Å². The van der Waals surface area contributed by atoms with Crippen molar-refractivity contribution in [1.29, 1.82) is 0 Å². The van der Waals surface area contributed by atoms with Crippen LogP contribution in [0.25, 0.3) is 0 Å². The molecule has 1 aromatic carbocycles. The number of aromatic nitrogens is 1. The van der Waals surface area contributed by atoms with Crippen LogP contribution in [-0.4, -0.2) is 39.1 Å². The van der Waals surface area contributed by atoms with Crippen molar-refractivity contribution in [2.24, 2.45) is 4.99 Å². The number of halogens is 2. The van der Waals surface area contributed by atoms with Gasteiger partial charge in [0.15, 0.2) is 16.7 Å². The largest absolute Gasteiger partial charge is 0.503 e. The number of ether oxygens (including phenoxy) is 1. The fourth-order valence-corrected chi connectivity index (χ4v) is 5.75. The molecule has 4 rings (SSSR count). The fraction of sp³-hybridized carbons (Fsp3) is 0.368. The Morgan fingerprint density at radius 3 is 2.93 bits per heavy atom. The summed E-state index contributed by atoms with van der Waals surface area (Å²) in [5.74, 6) is 1.30. The van der Waals surface area contributed by atoms with Crippen LogP contribution < -0.4 is 4.74 Å². The third-order valence-electron chi connectivity index (χ3n) is 5.04. The second-order valence-electron chi connectivity index (χ2n) is 6.48. The lowest BCUT2D eigenvalue weighted by Crippen LogP contribution is -2.35. The Labute approximate surface area is 175 Å². The maximum absolute atomic E-state index is 10.3. The van der Waals surface area contributed by atoms with E-state index < -0.39 is 0 Å². The summed E-state index contributed by atoms with van der Waals surface area (Å²) in [4.78, 5) is 11.9.